The van der Waals surface area contributed by atoms with Crippen molar-refractivity contribution in [2.45, 2.75) is 20.3 Å². The monoisotopic (exact) mass is 275 g/mol. The zero-order valence-corrected chi connectivity index (χ0v) is 11.5. The van der Waals surface area contributed by atoms with Crippen LogP contribution >= 0.6 is 0 Å². The van der Waals surface area contributed by atoms with Crippen molar-refractivity contribution in [1.29, 1.82) is 0 Å². The van der Waals surface area contributed by atoms with Crippen molar-refractivity contribution in [3.63, 3.8) is 0 Å². The van der Waals surface area contributed by atoms with Crippen molar-refractivity contribution in [1.82, 2.24) is 0 Å². The zero-order valence-electron chi connectivity index (χ0n) is 11.5. The van der Waals surface area contributed by atoms with E-state index in [-0.39, 0.29) is 30.2 Å². The number of benzene rings is 1. The first-order valence-corrected chi connectivity index (χ1v) is 6.55. The molecule has 5 nitrogen and oxygen atoms in total. The number of ether oxygens (including phenoxy) is 1. The van der Waals surface area contributed by atoms with E-state index in [9.17, 15) is 14.4 Å². The van der Waals surface area contributed by atoms with Gasteiger partial charge in [-0.3, -0.25) is 14.4 Å². The highest BCUT2D eigenvalue weighted by Gasteiger charge is 2.40. The number of rotatable bonds is 5. The molecule has 0 unspecified atom stereocenters. The van der Waals surface area contributed by atoms with E-state index in [2.05, 4.69) is 5.32 Å². The second-order valence-electron chi connectivity index (χ2n) is 5.11. The molecular weight excluding hydrogens is 258 g/mol. The largest absolute Gasteiger partial charge is 0.455 e. The highest BCUT2D eigenvalue weighted by molar-refractivity contribution is 5.96. The Kier molecular flexibility index (Phi) is 4.17. The molecule has 1 aromatic rings. The lowest BCUT2D eigenvalue weighted by atomic mass is 10.1. The van der Waals surface area contributed by atoms with Crippen molar-refractivity contribution in [3.05, 3.63) is 29.8 Å². The first kappa shape index (κ1) is 14.2. The van der Waals surface area contributed by atoms with Gasteiger partial charge in [0, 0.05) is 11.3 Å². The number of Topliss-reactive ketones (excluding diaryl/α,β-unsaturated/α-hetero) is 1. The third-order valence-corrected chi connectivity index (χ3v) is 3.33. The van der Waals surface area contributed by atoms with Crippen LogP contribution in [-0.2, 0) is 14.3 Å². The van der Waals surface area contributed by atoms with Crippen molar-refractivity contribution < 1.29 is 19.1 Å². The van der Waals surface area contributed by atoms with E-state index in [0.717, 1.165) is 6.42 Å². The van der Waals surface area contributed by atoms with Gasteiger partial charge in [-0.05, 0) is 43.5 Å². The summed E-state index contributed by atoms with van der Waals surface area (Å²) in [5.41, 5.74) is 1.15. The van der Waals surface area contributed by atoms with E-state index in [1.165, 1.54) is 6.92 Å². The highest BCUT2D eigenvalue weighted by atomic mass is 16.5. The summed E-state index contributed by atoms with van der Waals surface area (Å²) >= 11 is 0. The van der Waals surface area contributed by atoms with E-state index in [1.54, 1.807) is 24.3 Å². The summed E-state index contributed by atoms with van der Waals surface area (Å²) in [5.74, 6) is -0.403. The molecule has 2 rings (SSSR count). The Morgan fingerprint density at radius 2 is 1.85 bits per heavy atom. The van der Waals surface area contributed by atoms with Gasteiger partial charge in [-0.2, -0.15) is 0 Å². The Bertz CT molecular complexity index is 535. The van der Waals surface area contributed by atoms with Gasteiger partial charge in [-0.1, -0.05) is 6.92 Å². The summed E-state index contributed by atoms with van der Waals surface area (Å²) in [6.07, 6.45) is 0.840. The quantitative estimate of drug-likeness (QED) is 0.659. The lowest BCUT2D eigenvalue weighted by molar-refractivity contribution is -0.148. The molecule has 1 saturated carbocycles. The van der Waals surface area contributed by atoms with Crippen LogP contribution in [0.5, 0.6) is 0 Å². The van der Waals surface area contributed by atoms with Crippen molar-refractivity contribution >= 4 is 23.3 Å². The number of carbonyl (C=O) groups excluding carboxylic acids is 3. The van der Waals surface area contributed by atoms with Gasteiger partial charge in [-0.15, -0.1) is 0 Å². The number of carbonyl (C=O) groups is 3. The van der Waals surface area contributed by atoms with Gasteiger partial charge in [0.25, 0.3) is 5.91 Å². The Labute approximate surface area is 117 Å². The number of ketones is 1. The topological polar surface area (TPSA) is 72.5 Å². The van der Waals surface area contributed by atoms with Gasteiger partial charge < -0.3 is 10.1 Å². The fraction of sp³-hybridized carbons (Fsp3) is 0.400. The molecule has 0 saturated heterocycles. The molecule has 1 aliphatic rings. The molecule has 20 heavy (non-hydrogen) atoms. The number of nitrogens with one attached hydrogen (secondary N) is 1. The first-order valence-electron chi connectivity index (χ1n) is 6.55. The highest BCUT2D eigenvalue weighted by Crippen LogP contribution is 2.38. The van der Waals surface area contributed by atoms with Gasteiger partial charge in [-0.25, -0.2) is 0 Å². The molecule has 0 spiro atoms. The van der Waals surface area contributed by atoms with E-state index in [0.29, 0.717) is 17.2 Å². The predicted molar refractivity (Wildman–Crippen MR) is 73.3 cm³/mol. The average Bonchev–Trinajstić information content (AvgIpc) is 3.14. The molecule has 1 aliphatic carbocycles. The minimum Gasteiger partial charge on any atom is -0.455 e. The lowest BCUT2D eigenvalue weighted by Gasteiger charge is -2.06. The second-order valence-corrected chi connectivity index (χ2v) is 5.11. The molecular formula is C15H17NO4. The SMILES string of the molecule is CC(=O)c1ccc(NC(=O)COC(=O)[C@H]2C[C@H]2C)cc1. The maximum absolute atomic E-state index is 11.6. The number of amides is 1. The molecule has 1 N–H and O–H groups in total. The van der Waals surface area contributed by atoms with E-state index >= 15 is 0 Å². The molecule has 1 aromatic carbocycles. The Morgan fingerprint density at radius 1 is 1.25 bits per heavy atom. The molecule has 0 aliphatic heterocycles. The molecule has 1 amide bonds. The third kappa shape index (κ3) is 3.66. The molecule has 0 aromatic heterocycles. The average molecular weight is 275 g/mol. The molecule has 0 bridgehead atoms. The summed E-state index contributed by atoms with van der Waals surface area (Å²) in [4.78, 5) is 34.2. The molecule has 0 heterocycles. The maximum atomic E-state index is 11.6. The summed E-state index contributed by atoms with van der Waals surface area (Å²) in [7, 11) is 0. The number of anilines is 1. The number of esters is 1. The van der Waals surface area contributed by atoms with Crippen LogP contribution in [0.2, 0.25) is 0 Å². The minimum atomic E-state index is -0.387. The van der Waals surface area contributed by atoms with Crippen LogP contribution in [0, 0.1) is 11.8 Å². The standard InChI is InChI=1S/C15H17NO4/c1-9-7-13(9)15(19)20-8-14(18)16-12-5-3-11(4-6-12)10(2)17/h3-6,9,13H,7-8H2,1-2H3,(H,16,18)/t9-,13+/m1/s1. The third-order valence-electron chi connectivity index (χ3n) is 3.33. The smallest absolute Gasteiger partial charge is 0.309 e. The first-order chi connectivity index (χ1) is 9.47. The zero-order chi connectivity index (χ0) is 14.7. The van der Waals surface area contributed by atoms with E-state index < -0.39 is 0 Å². The lowest BCUT2D eigenvalue weighted by Crippen LogP contribution is -2.21. The molecule has 5 heteroatoms. The van der Waals surface area contributed by atoms with Crippen LogP contribution in [0.25, 0.3) is 0 Å². The van der Waals surface area contributed by atoms with Crippen LogP contribution < -0.4 is 5.32 Å². The van der Waals surface area contributed by atoms with E-state index in [1.807, 2.05) is 6.92 Å². The van der Waals surface area contributed by atoms with Crippen molar-refractivity contribution in [2.24, 2.45) is 11.8 Å². The Balaban J connectivity index is 1.79. The Morgan fingerprint density at radius 3 is 2.35 bits per heavy atom. The summed E-state index contributed by atoms with van der Waals surface area (Å²) in [6.45, 7) is 3.17. The van der Waals surface area contributed by atoms with Gasteiger partial charge in [0.05, 0.1) is 5.92 Å². The van der Waals surface area contributed by atoms with Gasteiger partial charge in [0.1, 0.15) is 0 Å². The summed E-state index contributed by atoms with van der Waals surface area (Å²) in [6, 6.07) is 6.55. The fourth-order valence-corrected chi connectivity index (χ4v) is 1.88. The molecule has 106 valence electrons. The van der Waals surface area contributed by atoms with Gasteiger partial charge in [0.15, 0.2) is 12.4 Å². The second kappa shape index (κ2) is 5.86. The molecule has 0 radical (unpaired) electrons. The minimum absolute atomic E-state index is 0.0321. The molecule has 1 fully saturated rings. The fourth-order valence-electron chi connectivity index (χ4n) is 1.88. The predicted octanol–water partition coefficient (Wildman–Crippen LogP) is 2.03. The van der Waals surface area contributed by atoms with Crippen LogP contribution in [0.4, 0.5) is 5.69 Å². The number of hydrogen-bond donors (Lipinski definition) is 1. The summed E-state index contributed by atoms with van der Waals surface area (Å²) < 4.78 is 4.93. The molecule has 2 atom stereocenters. The van der Waals surface area contributed by atoms with Crippen LogP contribution in [0.3, 0.4) is 0 Å². The number of hydrogen-bond acceptors (Lipinski definition) is 4. The van der Waals surface area contributed by atoms with Crippen LogP contribution in [0.1, 0.15) is 30.6 Å². The Hall–Kier alpha value is -2.17. The van der Waals surface area contributed by atoms with Gasteiger partial charge in [0.2, 0.25) is 0 Å². The van der Waals surface area contributed by atoms with Crippen molar-refractivity contribution in [3.8, 4) is 0 Å². The van der Waals surface area contributed by atoms with E-state index in [4.69, 9.17) is 4.74 Å². The van der Waals surface area contributed by atoms with Gasteiger partial charge >= 0.3 is 5.97 Å². The van der Waals surface area contributed by atoms with Crippen LogP contribution in [-0.4, -0.2) is 24.3 Å². The normalized spacial score (nSPS) is 20.1. The maximum Gasteiger partial charge on any atom is 0.309 e. The van der Waals surface area contributed by atoms with Crippen molar-refractivity contribution in [2.75, 3.05) is 11.9 Å². The van der Waals surface area contributed by atoms with Crippen LogP contribution in [0.15, 0.2) is 24.3 Å². The summed E-state index contributed by atoms with van der Waals surface area (Å²) in [5, 5.41) is 2.61.